The standard InChI is InChI=1S/C17H26N4OS/c1-11(2)21(10-13-8-18-20(7)9-13)15(22)14-12(3)19-16(23-14)17(4,5)6/h8-9,11H,10H2,1-7H3. The maximum absolute atomic E-state index is 13.0. The zero-order valence-electron chi connectivity index (χ0n) is 15.0. The Morgan fingerprint density at radius 1 is 1.39 bits per heavy atom. The molecule has 5 nitrogen and oxygen atoms in total. The fourth-order valence-corrected chi connectivity index (χ4v) is 3.37. The van der Waals surface area contributed by atoms with Crippen LogP contribution in [0, 0.1) is 6.92 Å². The molecule has 0 radical (unpaired) electrons. The summed E-state index contributed by atoms with van der Waals surface area (Å²) in [4.78, 5) is 20.3. The number of hydrogen-bond acceptors (Lipinski definition) is 4. The smallest absolute Gasteiger partial charge is 0.266 e. The van der Waals surface area contributed by atoms with Gasteiger partial charge in [-0.1, -0.05) is 20.8 Å². The molecule has 6 heteroatoms. The minimum atomic E-state index is -0.0417. The summed E-state index contributed by atoms with van der Waals surface area (Å²) < 4.78 is 1.76. The molecule has 2 aromatic rings. The van der Waals surface area contributed by atoms with E-state index in [1.165, 1.54) is 11.3 Å². The molecule has 0 fully saturated rings. The van der Waals surface area contributed by atoms with Gasteiger partial charge in [-0.15, -0.1) is 11.3 Å². The summed E-state index contributed by atoms with van der Waals surface area (Å²) in [6.07, 6.45) is 3.76. The number of amides is 1. The second-order valence-electron chi connectivity index (χ2n) is 7.23. The normalized spacial score (nSPS) is 12.0. The zero-order valence-corrected chi connectivity index (χ0v) is 15.9. The van der Waals surface area contributed by atoms with Crippen LogP contribution in [0.4, 0.5) is 0 Å². The molecular weight excluding hydrogens is 308 g/mol. The molecule has 2 aromatic heterocycles. The molecule has 0 bridgehead atoms. The Hall–Kier alpha value is -1.69. The Kier molecular flexibility index (Phi) is 4.94. The van der Waals surface area contributed by atoms with Crippen LogP contribution < -0.4 is 0 Å². The quantitative estimate of drug-likeness (QED) is 0.859. The minimum Gasteiger partial charge on any atom is -0.331 e. The van der Waals surface area contributed by atoms with Gasteiger partial charge in [0.15, 0.2) is 0 Å². The van der Waals surface area contributed by atoms with Crippen molar-refractivity contribution in [2.75, 3.05) is 0 Å². The predicted molar refractivity (Wildman–Crippen MR) is 93.8 cm³/mol. The van der Waals surface area contributed by atoms with Crippen LogP contribution in [0.1, 0.15) is 60.6 Å². The molecule has 0 aliphatic rings. The van der Waals surface area contributed by atoms with Gasteiger partial charge in [0.1, 0.15) is 4.88 Å². The first-order chi connectivity index (χ1) is 10.6. The number of rotatable bonds is 4. The molecule has 0 spiro atoms. The third-order valence-corrected chi connectivity index (χ3v) is 5.20. The van der Waals surface area contributed by atoms with Crippen LogP contribution in [-0.2, 0) is 19.0 Å². The van der Waals surface area contributed by atoms with Gasteiger partial charge in [0.05, 0.1) is 16.9 Å². The minimum absolute atomic E-state index is 0.0417. The van der Waals surface area contributed by atoms with E-state index in [1.54, 1.807) is 4.68 Å². The van der Waals surface area contributed by atoms with Gasteiger partial charge >= 0.3 is 0 Å². The molecule has 0 aliphatic carbocycles. The van der Waals surface area contributed by atoms with E-state index in [4.69, 9.17) is 0 Å². The van der Waals surface area contributed by atoms with Gasteiger partial charge in [-0.05, 0) is 20.8 Å². The van der Waals surface area contributed by atoms with Crippen LogP contribution in [-0.4, -0.2) is 31.6 Å². The molecule has 0 aliphatic heterocycles. The Balaban J connectivity index is 2.29. The van der Waals surface area contributed by atoms with Gasteiger partial charge in [-0.25, -0.2) is 4.98 Å². The van der Waals surface area contributed by atoms with Gasteiger partial charge in [0.25, 0.3) is 5.91 Å². The van der Waals surface area contributed by atoms with Gasteiger partial charge in [0, 0.05) is 36.8 Å². The van der Waals surface area contributed by atoms with E-state index < -0.39 is 0 Å². The second kappa shape index (κ2) is 6.43. The number of hydrogen-bond donors (Lipinski definition) is 0. The van der Waals surface area contributed by atoms with Crippen molar-refractivity contribution in [1.82, 2.24) is 19.7 Å². The summed E-state index contributed by atoms with van der Waals surface area (Å²) in [5.74, 6) is 0.0503. The number of thiazole rings is 1. The lowest BCUT2D eigenvalue weighted by molar-refractivity contribution is 0.0694. The highest BCUT2D eigenvalue weighted by Gasteiger charge is 2.27. The van der Waals surface area contributed by atoms with Crippen LogP contribution in [0.2, 0.25) is 0 Å². The molecule has 1 amide bonds. The van der Waals surface area contributed by atoms with Crippen molar-refractivity contribution >= 4 is 17.2 Å². The van der Waals surface area contributed by atoms with Crippen molar-refractivity contribution in [1.29, 1.82) is 0 Å². The average Bonchev–Trinajstić information content (AvgIpc) is 3.00. The Morgan fingerprint density at radius 2 is 2.04 bits per heavy atom. The van der Waals surface area contributed by atoms with Crippen LogP contribution in [0.3, 0.4) is 0 Å². The predicted octanol–water partition coefficient (Wildman–Crippen LogP) is 3.53. The summed E-state index contributed by atoms with van der Waals surface area (Å²) in [5.41, 5.74) is 1.81. The SMILES string of the molecule is Cc1nc(C(C)(C)C)sc1C(=O)N(Cc1cnn(C)c1)C(C)C. The van der Waals surface area contributed by atoms with Crippen molar-refractivity contribution in [3.63, 3.8) is 0 Å². The first kappa shape index (κ1) is 17.7. The van der Waals surface area contributed by atoms with E-state index in [1.807, 2.05) is 45.1 Å². The van der Waals surface area contributed by atoms with E-state index in [2.05, 4.69) is 30.9 Å². The zero-order chi connectivity index (χ0) is 17.4. The fourth-order valence-electron chi connectivity index (χ4n) is 2.29. The van der Waals surface area contributed by atoms with Gasteiger partial charge < -0.3 is 4.90 Å². The molecule has 2 rings (SSSR count). The molecule has 126 valence electrons. The molecule has 2 heterocycles. The van der Waals surface area contributed by atoms with Gasteiger partial charge in [-0.2, -0.15) is 5.10 Å². The number of carbonyl (C=O) groups excluding carboxylic acids is 1. The summed E-state index contributed by atoms with van der Waals surface area (Å²) in [7, 11) is 1.88. The third-order valence-electron chi connectivity index (χ3n) is 3.63. The maximum Gasteiger partial charge on any atom is 0.266 e. The van der Waals surface area contributed by atoms with Crippen molar-refractivity contribution in [2.24, 2.45) is 7.05 Å². The molecule has 0 N–H and O–H groups in total. The Labute approximate surface area is 142 Å². The van der Waals surface area contributed by atoms with Crippen LogP contribution in [0.15, 0.2) is 12.4 Å². The molecule has 0 saturated heterocycles. The van der Waals surface area contributed by atoms with Gasteiger partial charge in [-0.3, -0.25) is 9.48 Å². The van der Waals surface area contributed by atoms with Crippen LogP contribution >= 0.6 is 11.3 Å². The third kappa shape index (κ3) is 3.99. The Bertz CT molecular complexity index is 694. The highest BCUT2D eigenvalue weighted by Crippen LogP contribution is 2.30. The molecule has 23 heavy (non-hydrogen) atoms. The largest absolute Gasteiger partial charge is 0.331 e. The van der Waals surface area contributed by atoms with E-state index in [-0.39, 0.29) is 17.4 Å². The summed E-state index contributed by atoms with van der Waals surface area (Å²) in [6.45, 7) is 12.9. The van der Waals surface area contributed by atoms with Crippen molar-refractivity contribution in [3.8, 4) is 0 Å². The van der Waals surface area contributed by atoms with Crippen molar-refractivity contribution < 1.29 is 4.79 Å². The topological polar surface area (TPSA) is 51.0 Å². The fraction of sp³-hybridized carbons (Fsp3) is 0.588. The summed E-state index contributed by atoms with van der Waals surface area (Å²) in [6, 6.07) is 0.113. The number of aromatic nitrogens is 3. The molecule has 0 unspecified atom stereocenters. The monoisotopic (exact) mass is 334 g/mol. The molecule has 0 atom stereocenters. The Morgan fingerprint density at radius 3 is 2.48 bits per heavy atom. The lowest BCUT2D eigenvalue weighted by atomic mass is 9.98. The van der Waals surface area contributed by atoms with E-state index in [0.717, 1.165) is 21.1 Å². The van der Waals surface area contributed by atoms with Crippen LogP contribution in [0.5, 0.6) is 0 Å². The molecule has 0 aromatic carbocycles. The summed E-state index contributed by atoms with van der Waals surface area (Å²) in [5, 5.41) is 5.19. The van der Waals surface area contributed by atoms with Gasteiger partial charge in [0.2, 0.25) is 0 Å². The number of nitrogens with zero attached hydrogens (tertiary/aromatic N) is 4. The molecular formula is C17H26N4OS. The van der Waals surface area contributed by atoms with Crippen molar-refractivity contribution in [3.05, 3.63) is 33.5 Å². The number of carbonyl (C=O) groups is 1. The maximum atomic E-state index is 13.0. The first-order valence-electron chi connectivity index (χ1n) is 7.86. The highest BCUT2D eigenvalue weighted by molar-refractivity contribution is 7.14. The van der Waals surface area contributed by atoms with E-state index >= 15 is 0 Å². The van der Waals surface area contributed by atoms with Crippen LogP contribution in [0.25, 0.3) is 0 Å². The summed E-state index contributed by atoms with van der Waals surface area (Å²) >= 11 is 1.51. The number of aryl methyl sites for hydroxylation is 2. The van der Waals surface area contributed by atoms with Crippen molar-refractivity contribution in [2.45, 2.75) is 59.5 Å². The van der Waals surface area contributed by atoms with E-state index in [0.29, 0.717) is 6.54 Å². The van der Waals surface area contributed by atoms with E-state index in [9.17, 15) is 4.79 Å². The first-order valence-corrected chi connectivity index (χ1v) is 8.67. The second-order valence-corrected chi connectivity index (χ2v) is 8.23. The highest BCUT2D eigenvalue weighted by atomic mass is 32.1. The average molecular weight is 334 g/mol. The lowest BCUT2D eigenvalue weighted by Gasteiger charge is -2.26. The lowest BCUT2D eigenvalue weighted by Crippen LogP contribution is -2.36. The molecule has 0 saturated carbocycles.